The summed E-state index contributed by atoms with van der Waals surface area (Å²) in [5.41, 5.74) is 0.506. The molecule has 2 aliphatic rings. The fraction of sp³-hybridized carbons (Fsp3) is 0.684. The Kier molecular flexibility index (Phi) is 5.47. The van der Waals surface area contributed by atoms with Crippen molar-refractivity contribution in [2.24, 2.45) is 13.0 Å². The Balaban J connectivity index is 1.45. The Morgan fingerprint density at radius 3 is 2.88 bits per heavy atom. The molecule has 1 N–H and O–H groups in total. The number of aromatic nitrogens is 1. The van der Waals surface area contributed by atoms with Crippen LogP contribution in [0.1, 0.15) is 49.5 Å². The van der Waals surface area contributed by atoms with Crippen LogP contribution >= 0.6 is 0 Å². The van der Waals surface area contributed by atoms with Crippen molar-refractivity contribution in [3.8, 4) is 0 Å². The molecule has 0 unspecified atom stereocenters. The molecule has 6 nitrogen and oxygen atoms in total. The minimum absolute atomic E-state index is 0.0366. The smallest absolute Gasteiger partial charge is 0.267 e. The summed E-state index contributed by atoms with van der Waals surface area (Å²) in [6.07, 6.45) is 6.42. The summed E-state index contributed by atoms with van der Waals surface area (Å²) >= 11 is 0. The van der Waals surface area contributed by atoms with Crippen LogP contribution in [0.15, 0.2) is 18.3 Å². The lowest BCUT2D eigenvalue weighted by Crippen LogP contribution is -2.66. The van der Waals surface area contributed by atoms with Crippen molar-refractivity contribution >= 4 is 11.8 Å². The summed E-state index contributed by atoms with van der Waals surface area (Å²) in [6, 6.07) is 3.69. The molecule has 25 heavy (non-hydrogen) atoms. The second-order valence-electron chi connectivity index (χ2n) is 7.30. The molecule has 1 spiro atoms. The van der Waals surface area contributed by atoms with E-state index in [1.54, 1.807) is 0 Å². The van der Waals surface area contributed by atoms with Crippen molar-refractivity contribution < 1.29 is 14.3 Å². The lowest BCUT2D eigenvalue weighted by molar-refractivity contribution is -0.165. The average molecular weight is 347 g/mol. The number of ether oxygens (including phenoxy) is 1. The highest BCUT2D eigenvalue weighted by molar-refractivity contribution is 5.92. The molecule has 2 amide bonds. The lowest BCUT2D eigenvalue weighted by atomic mass is 9.78. The Bertz CT molecular complexity index is 619. The van der Waals surface area contributed by atoms with Crippen LogP contribution < -0.4 is 5.32 Å². The van der Waals surface area contributed by atoms with Gasteiger partial charge in [-0.15, -0.1) is 0 Å². The summed E-state index contributed by atoms with van der Waals surface area (Å²) in [4.78, 5) is 26.2. The monoisotopic (exact) mass is 347 g/mol. The van der Waals surface area contributed by atoms with Gasteiger partial charge in [-0.25, -0.2) is 0 Å². The van der Waals surface area contributed by atoms with Crippen LogP contribution in [0.3, 0.4) is 0 Å². The van der Waals surface area contributed by atoms with E-state index in [0.717, 1.165) is 32.3 Å². The molecule has 0 radical (unpaired) electrons. The maximum absolute atomic E-state index is 12.2. The minimum Gasteiger partial charge on any atom is -0.371 e. The van der Waals surface area contributed by atoms with Gasteiger partial charge in [-0.05, 0) is 37.3 Å². The second-order valence-corrected chi connectivity index (χ2v) is 7.30. The number of carbonyl (C=O) groups excluding carboxylic acids is 2. The summed E-state index contributed by atoms with van der Waals surface area (Å²) in [7, 11) is 1.87. The van der Waals surface area contributed by atoms with Gasteiger partial charge in [-0.1, -0.05) is 13.3 Å². The van der Waals surface area contributed by atoms with Crippen LogP contribution in [0.5, 0.6) is 0 Å². The van der Waals surface area contributed by atoms with Crippen molar-refractivity contribution in [3.63, 3.8) is 0 Å². The topological polar surface area (TPSA) is 63.6 Å². The molecular weight excluding hydrogens is 318 g/mol. The maximum Gasteiger partial charge on any atom is 0.267 e. The van der Waals surface area contributed by atoms with E-state index < -0.39 is 0 Å². The van der Waals surface area contributed by atoms with E-state index in [1.807, 2.05) is 34.8 Å². The zero-order chi connectivity index (χ0) is 17.9. The Morgan fingerprint density at radius 2 is 2.20 bits per heavy atom. The second kappa shape index (κ2) is 7.60. The third-order valence-corrected chi connectivity index (χ3v) is 5.57. The predicted molar refractivity (Wildman–Crippen MR) is 95.3 cm³/mol. The van der Waals surface area contributed by atoms with Crippen molar-refractivity contribution in [1.29, 1.82) is 0 Å². The number of nitrogens with one attached hydrogen (secondary N) is 1. The number of likely N-dealkylation sites (tertiary alicyclic amines) is 1. The van der Waals surface area contributed by atoms with Gasteiger partial charge in [0.05, 0.1) is 13.1 Å². The highest BCUT2D eigenvalue weighted by Gasteiger charge is 2.53. The zero-order valence-corrected chi connectivity index (χ0v) is 15.3. The Morgan fingerprint density at radius 1 is 1.40 bits per heavy atom. The van der Waals surface area contributed by atoms with E-state index in [9.17, 15) is 9.59 Å². The normalized spacial score (nSPS) is 21.4. The molecule has 6 heteroatoms. The minimum atomic E-state index is -0.169. The number of unbranched alkanes of at least 4 members (excludes halogenated alkanes) is 1. The molecule has 0 aliphatic carbocycles. The number of amides is 2. The first-order valence-corrected chi connectivity index (χ1v) is 9.37. The standard InChI is InChI=1S/C19H29N3O3/c1-3-4-7-17(23)22-13-19(14-22)15(9-12-25-19)8-10-20-18(24)16-6-5-11-21(16)2/h5-6,11,15H,3-4,7-10,12-14H2,1-2H3,(H,20,24)/t15-/m1/s1. The van der Waals surface area contributed by atoms with E-state index in [1.165, 1.54) is 0 Å². The fourth-order valence-electron chi connectivity index (χ4n) is 3.95. The molecule has 1 aromatic heterocycles. The maximum atomic E-state index is 12.2. The summed E-state index contributed by atoms with van der Waals surface area (Å²) in [6.45, 7) is 4.93. The molecule has 138 valence electrons. The molecule has 1 atom stereocenters. The van der Waals surface area contributed by atoms with Gasteiger partial charge in [-0.2, -0.15) is 0 Å². The quantitative estimate of drug-likeness (QED) is 0.820. The van der Waals surface area contributed by atoms with Crippen LogP contribution in [-0.2, 0) is 16.6 Å². The van der Waals surface area contributed by atoms with Gasteiger partial charge in [0.1, 0.15) is 11.3 Å². The van der Waals surface area contributed by atoms with Crippen molar-refractivity contribution in [1.82, 2.24) is 14.8 Å². The molecule has 3 heterocycles. The van der Waals surface area contributed by atoms with E-state index in [2.05, 4.69) is 12.2 Å². The average Bonchev–Trinajstić information content (AvgIpc) is 3.17. The van der Waals surface area contributed by atoms with E-state index in [-0.39, 0.29) is 17.4 Å². The molecule has 2 fully saturated rings. The lowest BCUT2D eigenvalue weighted by Gasteiger charge is -2.50. The van der Waals surface area contributed by atoms with Gasteiger partial charge in [0, 0.05) is 32.8 Å². The van der Waals surface area contributed by atoms with Crippen LogP contribution in [-0.4, -0.2) is 53.1 Å². The first-order chi connectivity index (χ1) is 12.1. The molecule has 0 saturated carbocycles. The van der Waals surface area contributed by atoms with Crippen molar-refractivity contribution in [2.75, 3.05) is 26.2 Å². The summed E-state index contributed by atoms with van der Waals surface area (Å²) in [5, 5.41) is 3.00. The first kappa shape index (κ1) is 18.0. The molecule has 0 aromatic carbocycles. The van der Waals surface area contributed by atoms with Gasteiger partial charge in [0.15, 0.2) is 0 Å². The van der Waals surface area contributed by atoms with Gasteiger partial charge in [-0.3, -0.25) is 9.59 Å². The van der Waals surface area contributed by atoms with Gasteiger partial charge < -0.3 is 19.5 Å². The largest absolute Gasteiger partial charge is 0.371 e. The molecular formula is C19H29N3O3. The van der Waals surface area contributed by atoms with Gasteiger partial charge in [0.2, 0.25) is 5.91 Å². The number of hydrogen-bond acceptors (Lipinski definition) is 3. The van der Waals surface area contributed by atoms with Crippen molar-refractivity contribution in [3.05, 3.63) is 24.0 Å². The van der Waals surface area contributed by atoms with Crippen LogP contribution in [0, 0.1) is 5.92 Å². The zero-order valence-electron chi connectivity index (χ0n) is 15.3. The molecule has 2 saturated heterocycles. The molecule has 1 aromatic rings. The van der Waals surface area contributed by atoms with Crippen molar-refractivity contribution in [2.45, 2.75) is 44.6 Å². The van der Waals surface area contributed by atoms with E-state index >= 15 is 0 Å². The first-order valence-electron chi connectivity index (χ1n) is 9.37. The number of rotatable bonds is 7. The third-order valence-electron chi connectivity index (χ3n) is 5.57. The highest BCUT2D eigenvalue weighted by Crippen LogP contribution is 2.41. The predicted octanol–water partition coefficient (Wildman–Crippen LogP) is 1.95. The number of carbonyl (C=O) groups is 2. The molecule has 0 bridgehead atoms. The Labute approximate surface area is 149 Å². The van der Waals surface area contributed by atoms with Crippen LogP contribution in [0.2, 0.25) is 0 Å². The molecule has 3 rings (SSSR count). The highest BCUT2D eigenvalue weighted by atomic mass is 16.5. The van der Waals surface area contributed by atoms with E-state index in [4.69, 9.17) is 4.74 Å². The number of nitrogens with zero attached hydrogens (tertiary/aromatic N) is 2. The van der Waals surface area contributed by atoms with E-state index in [0.29, 0.717) is 37.7 Å². The van der Waals surface area contributed by atoms with Gasteiger partial charge in [0.25, 0.3) is 5.91 Å². The van der Waals surface area contributed by atoms with Gasteiger partial charge >= 0.3 is 0 Å². The van der Waals surface area contributed by atoms with Crippen LogP contribution in [0.4, 0.5) is 0 Å². The third kappa shape index (κ3) is 3.73. The SMILES string of the molecule is CCCCC(=O)N1CC2(C1)OCC[C@H]2CCNC(=O)c1cccn1C. The van der Waals surface area contributed by atoms with Crippen LogP contribution in [0.25, 0.3) is 0 Å². The molecule has 2 aliphatic heterocycles. The summed E-state index contributed by atoms with van der Waals surface area (Å²) in [5.74, 6) is 0.626. The number of aryl methyl sites for hydroxylation is 1. The fourth-order valence-corrected chi connectivity index (χ4v) is 3.95. The summed E-state index contributed by atoms with van der Waals surface area (Å²) < 4.78 is 7.83. The Hall–Kier alpha value is -1.82. The number of hydrogen-bond donors (Lipinski definition) is 1.